The molecule has 79 heavy (non-hydrogen) atoms. The number of hydrogen-bond acceptors (Lipinski definition) is 4. The Morgan fingerprint density at radius 3 is 1.10 bits per heavy atom. The molecule has 0 aliphatic carbocycles. The van der Waals surface area contributed by atoms with E-state index in [0.717, 1.165) is 51.6 Å². The van der Waals surface area contributed by atoms with E-state index in [-0.39, 0.29) is 17.2 Å². The largest absolute Gasteiger partial charge is 0.347 e. The summed E-state index contributed by atoms with van der Waals surface area (Å²) in [6, 6.07) is 11.0. The van der Waals surface area contributed by atoms with Crippen LogP contribution in [0, 0.1) is 0 Å². The van der Waals surface area contributed by atoms with E-state index in [9.17, 15) is 0 Å². The zero-order chi connectivity index (χ0) is 56.3. The van der Waals surface area contributed by atoms with Crippen molar-refractivity contribution in [2.75, 3.05) is 13.2 Å². The van der Waals surface area contributed by atoms with Crippen LogP contribution in [0.4, 0.5) is 0 Å². The van der Waals surface area contributed by atoms with Crippen molar-refractivity contribution in [3.63, 3.8) is 0 Å². The third-order valence-electron chi connectivity index (χ3n) is 19.5. The van der Waals surface area contributed by atoms with Gasteiger partial charge in [-0.15, -0.1) is 0 Å². The summed E-state index contributed by atoms with van der Waals surface area (Å²) in [6.45, 7) is 13.6. The first-order chi connectivity index (χ1) is 38.9. The van der Waals surface area contributed by atoms with Crippen molar-refractivity contribution < 1.29 is 14.3 Å². The first-order valence-electron chi connectivity index (χ1n) is 36.7. The number of hydroxylamine groups is 2. The summed E-state index contributed by atoms with van der Waals surface area (Å²) in [5, 5.41) is 2.54. The van der Waals surface area contributed by atoms with Crippen molar-refractivity contribution in [1.29, 1.82) is 0 Å². The number of unbranched alkanes of at least 4 members (excludes halogenated alkanes) is 5. The highest BCUT2D eigenvalue weighted by molar-refractivity contribution is 5.14. The molecule has 464 valence electrons. The fourth-order valence-corrected chi connectivity index (χ4v) is 14.1. The molecule has 2 atom stereocenters. The Hall–Kier alpha value is -0.940. The molecule has 4 nitrogen and oxygen atoms in total. The molecular formula is C75H141NO3. The van der Waals surface area contributed by atoms with Crippen molar-refractivity contribution in [3.05, 3.63) is 35.9 Å². The van der Waals surface area contributed by atoms with Gasteiger partial charge in [-0.05, 0) is 57.9 Å². The molecule has 2 aliphatic rings. The SMILES string of the molecule is CCCCCCCCC1COC2(CCCCCCCCCCCCCCCCCCCCCCCCCCCCCCCCCCCCCCCCCCCCCCCC(C)(C)N(OCCc3ccccc3)C(CC)(CC)C2)O1. The normalized spacial score (nSPS) is 25.2. The molecule has 0 bridgehead atoms. The van der Waals surface area contributed by atoms with E-state index in [1.54, 1.807) is 0 Å². The lowest BCUT2D eigenvalue weighted by atomic mass is 9.79. The maximum absolute atomic E-state index is 7.32. The Morgan fingerprint density at radius 1 is 0.418 bits per heavy atom. The Bertz CT molecular complexity index is 1410. The summed E-state index contributed by atoms with van der Waals surface area (Å²) in [4.78, 5) is 7.23. The molecular weight excluding hydrogens is 963 g/mol. The molecule has 3 rings (SSSR count). The van der Waals surface area contributed by atoms with Crippen molar-refractivity contribution in [3.8, 4) is 0 Å². The monoisotopic (exact) mass is 1100 g/mol. The lowest BCUT2D eigenvalue weighted by Gasteiger charge is -2.52. The van der Waals surface area contributed by atoms with E-state index in [2.05, 4.69) is 70.0 Å². The highest BCUT2D eigenvalue weighted by Gasteiger charge is 2.52. The second kappa shape index (κ2) is 50.4. The number of benzene rings is 1. The van der Waals surface area contributed by atoms with Crippen LogP contribution in [-0.2, 0) is 20.7 Å². The zero-order valence-electron chi connectivity index (χ0n) is 54.6. The summed E-state index contributed by atoms with van der Waals surface area (Å²) < 4.78 is 14.4. The minimum Gasteiger partial charge on any atom is -0.347 e. The van der Waals surface area contributed by atoms with Crippen LogP contribution in [0.1, 0.15) is 406 Å². The first kappa shape index (κ1) is 72.3. The molecule has 1 spiro atoms. The maximum atomic E-state index is 7.32. The summed E-state index contributed by atoms with van der Waals surface area (Å²) in [5.41, 5.74) is 1.06. The minimum atomic E-state index is -0.544. The van der Waals surface area contributed by atoms with Crippen LogP contribution in [0.3, 0.4) is 0 Å². The fourth-order valence-electron chi connectivity index (χ4n) is 14.1. The van der Waals surface area contributed by atoms with Crippen molar-refractivity contribution in [1.82, 2.24) is 5.06 Å². The third-order valence-corrected chi connectivity index (χ3v) is 19.5. The van der Waals surface area contributed by atoms with Crippen molar-refractivity contribution in [2.45, 2.75) is 430 Å². The van der Waals surface area contributed by atoms with E-state index in [1.165, 1.54) is 333 Å². The van der Waals surface area contributed by atoms with Crippen LogP contribution in [0.2, 0.25) is 0 Å². The molecule has 4 heteroatoms. The van der Waals surface area contributed by atoms with Gasteiger partial charge in [-0.3, -0.25) is 4.84 Å². The topological polar surface area (TPSA) is 30.9 Å². The number of ether oxygens (including phenoxy) is 2. The highest BCUT2D eigenvalue weighted by atomic mass is 16.7. The molecule has 1 aromatic carbocycles. The van der Waals surface area contributed by atoms with Gasteiger partial charge in [0, 0.05) is 18.4 Å². The first-order valence-corrected chi connectivity index (χ1v) is 36.7. The Labute approximate surface area is 496 Å². The van der Waals surface area contributed by atoms with E-state index < -0.39 is 5.79 Å². The Morgan fingerprint density at radius 2 is 0.747 bits per heavy atom. The summed E-state index contributed by atoms with van der Waals surface area (Å²) >= 11 is 0. The van der Waals surface area contributed by atoms with E-state index in [4.69, 9.17) is 14.3 Å². The number of hydrogen-bond donors (Lipinski definition) is 0. The third kappa shape index (κ3) is 37.2. The molecule has 2 heterocycles. The van der Waals surface area contributed by atoms with Gasteiger partial charge in [0.1, 0.15) is 0 Å². The molecule has 0 amide bonds. The number of nitrogens with zero attached hydrogens (tertiary/aromatic N) is 1. The lowest BCUT2D eigenvalue weighted by Crippen LogP contribution is -2.60. The Kier molecular flexibility index (Phi) is 46.1. The minimum absolute atomic E-state index is 0.109. The molecule has 2 unspecified atom stereocenters. The zero-order valence-corrected chi connectivity index (χ0v) is 54.6. The lowest BCUT2D eigenvalue weighted by molar-refractivity contribution is -0.301. The number of rotatable bonds is 13. The average molecular weight is 1100 g/mol. The van der Waals surface area contributed by atoms with E-state index >= 15 is 0 Å². The van der Waals surface area contributed by atoms with Gasteiger partial charge >= 0.3 is 0 Å². The van der Waals surface area contributed by atoms with Gasteiger partial charge in [0.25, 0.3) is 0 Å². The maximum Gasteiger partial charge on any atom is 0.170 e. The van der Waals surface area contributed by atoms with Gasteiger partial charge in [0.2, 0.25) is 0 Å². The predicted molar refractivity (Wildman–Crippen MR) is 348 cm³/mol. The van der Waals surface area contributed by atoms with Gasteiger partial charge in [-0.1, -0.05) is 372 Å². The van der Waals surface area contributed by atoms with E-state index in [0.29, 0.717) is 6.61 Å². The second-order valence-corrected chi connectivity index (χ2v) is 27.2. The Balaban J connectivity index is 1.54. The van der Waals surface area contributed by atoms with Crippen molar-refractivity contribution >= 4 is 0 Å². The van der Waals surface area contributed by atoms with Crippen LogP contribution in [0.15, 0.2) is 30.3 Å². The van der Waals surface area contributed by atoms with Crippen LogP contribution < -0.4 is 0 Å². The molecule has 0 saturated carbocycles. The van der Waals surface area contributed by atoms with Crippen LogP contribution in [-0.4, -0.2) is 41.2 Å². The molecule has 2 aliphatic heterocycles. The quantitative estimate of drug-likeness (QED) is 0.184. The van der Waals surface area contributed by atoms with Crippen LogP contribution in [0.25, 0.3) is 0 Å². The van der Waals surface area contributed by atoms with Gasteiger partial charge in [-0.25, -0.2) is 0 Å². The molecule has 2 saturated heterocycles. The molecule has 0 N–H and O–H groups in total. The average Bonchev–Trinajstić information content (AvgIpc) is 4.02. The predicted octanol–water partition coefficient (Wildman–Crippen LogP) is 25.4. The molecule has 0 radical (unpaired) electrons. The summed E-state index contributed by atoms with van der Waals surface area (Å²) in [5.74, 6) is -0.544. The van der Waals surface area contributed by atoms with E-state index in [1.807, 2.05) is 0 Å². The molecule has 1 aromatic rings. The molecule has 0 aromatic heterocycles. The highest BCUT2D eigenvalue weighted by Crippen LogP contribution is 2.46. The van der Waals surface area contributed by atoms with Gasteiger partial charge in [-0.2, -0.15) is 5.06 Å². The van der Waals surface area contributed by atoms with Gasteiger partial charge < -0.3 is 9.47 Å². The summed E-state index contributed by atoms with van der Waals surface area (Å²) in [6.07, 6.45) is 80.0. The second-order valence-electron chi connectivity index (χ2n) is 27.2. The smallest absolute Gasteiger partial charge is 0.170 e. The standard InChI is InChI=1S/C75H141NO3/c1-6-9-10-11-53-59-64-72-69-77-75(79-72)67-61-55-52-50-48-46-44-42-40-38-36-34-32-30-28-26-24-22-20-18-16-14-12-13-15-17-19-21-23-25-27-29-31-33-35-37-39-41-43-45-47-49-51-54-60-66-73(4,5)76(74(7-2,8-3)70-75)78-68-65-71-62-57-56-58-63-71/h56-58,62-63,72H,6-55,59-61,64-70H2,1-5H3. The summed E-state index contributed by atoms with van der Waals surface area (Å²) in [7, 11) is 0. The van der Waals surface area contributed by atoms with Crippen LogP contribution >= 0.6 is 0 Å². The van der Waals surface area contributed by atoms with Gasteiger partial charge in [0.15, 0.2) is 5.79 Å². The fraction of sp³-hybridized carbons (Fsp3) is 0.920. The van der Waals surface area contributed by atoms with Gasteiger partial charge in [0.05, 0.1) is 24.9 Å². The van der Waals surface area contributed by atoms with Crippen LogP contribution in [0.5, 0.6) is 0 Å². The van der Waals surface area contributed by atoms with Crippen molar-refractivity contribution in [2.24, 2.45) is 0 Å². The molecule has 2 fully saturated rings.